The summed E-state index contributed by atoms with van der Waals surface area (Å²) < 4.78 is 10.6. The summed E-state index contributed by atoms with van der Waals surface area (Å²) in [6, 6.07) is 11.2. The van der Waals surface area contributed by atoms with E-state index in [2.05, 4.69) is 35.9 Å². The standard InChI is InChI=1S/C20H21N3O3/c1-20(2,3)15-7-4-8-16(12-15)25-18(24)10-9-17-22-19(23-26-17)14-6-5-11-21-13-14/h4-8,11-13H,9-10H2,1-3H3. The number of pyridine rings is 1. The average molecular weight is 351 g/mol. The molecule has 0 bridgehead atoms. The molecule has 0 saturated carbocycles. The molecule has 0 amide bonds. The molecule has 1 aromatic carbocycles. The SMILES string of the molecule is CC(C)(C)c1cccc(OC(=O)CCc2nc(-c3cccnc3)no2)c1. The molecule has 0 radical (unpaired) electrons. The highest BCUT2D eigenvalue weighted by molar-refractivity contribution is 5.72. The normalized spacial score (nSPS) is 11.3. The fraction of sp³-hybridized carbons (Fsp3) is 0.300. The van der Waals surface area contributed by atoms with Crippen LogP contribution in [-0.2, 0) is 16.6 Å². The summed E-state index contributed by atoms with van der Waals surface area (Å²) in [4.78, 5) is 20.4. The third kappa shape index (κ3) is 4.53. The molecule has 3 aromatic rings. The molecular formula is C20H21N3O3. The number of benzene rings is 1. The lowest BCUT2D eigenvalue weighted by Crippen LogP contribution is -2.13. The van der Waals surface area contributed by atoms with Gasteiger partial charge in [-0.15, -0.1) is 0 Å². The number of ether oxygens (including phenoxy) is 1. The average Bonchev–Trinajstić information content (AvgIpc) is 3.09. The topological polar surface area (TPSA) is 78.1 Å². The number of aromatic nitrogens is 3. The summed E-state index contributed by atoms with van der Waals surface area (Å²) in [5.41, 5.74) is 1.87. The Balaban J connectivity index is 1.57. The Morgan fingerprint density at radius 3 is 2.77 bits per heavy atom. The van der Waals surface area contributed by atoms with Gasteiger partial charge in [-0.1, -0.05) is 38.1 Å². The van der Waals surface area contributed by atoms with E-state index in [0.717, 1.165) is 11.1 Å². The minimum atomic E-state index is -0.336. The van der Waals surface area contributed by atoms with Crippen molar-refractivity contribution in [3.8, 4) is 17.1 Å². The van der Waals surface area contributed by atoms with Gasteiger partial charge in [0.05, 0.1) is 6.42 Å². The van der Waals surface area contributed by atoms with E-state index in [1.165, 1.54) is 0 Å². The van der Waals surface area contributed by atoms with Crippen molar-refractivity contribution >= 4 is 5.97 Å². The van der Waals surface area contributed by atoms with E-state index in [4.69, 9.17) is 9.26 Å². The Kier molecular flexibility index (Phi) is 5.11. The van der Waals surface area contributed by atoms with Crippen LogP contribution in [-0.4, -0.2) is 21.1 Å². The number of hydrogen-bond donors (Lipinski definition) is 0. The molecule has 0 N–H and O–H groups in total. The second-order valence-electron chi connectivity index (χ2n) is 7.01. The third-order valence-electron chi connectivity index (χ3n) is 3.86. The Bertz CT molecular complexity index is 883. The maximum atomic E-state index is 12.1. The molecule has 6 nitrogen and oxygen atoms in total. The monoisotopic (exact) mass is 351 g/mol. The molecule has 2 heterocycles. The first-order valence-corrected chi connectivity index (χ1v) is 8.46. The van der Waals surface area contributed by atoms with E-state index in [9.17, 15) is 4.79 Å². The second-order valence-corrected chi connectivity index (χ2v) is 7.01. The molecule has 0 unspecified atom stereocenters. The quantitative estimate of drug-likeness (QED) is 0.511. The predicted octanol–water partition coefficient (Wildman–Crippen LogP) is 3.97. The number of esters is 1. The molecule has 0 saturated heterocycles. The first kappa shape index (κ1) is 17.8. The third-order valence-corrected chi connectivity index (χ3v) is 3.86. The lowest BCUT2D eigenvalue weighted by atomic mass is 9.87. The Labute approximate surface area is 152 Å². The molecular weight excluding hydrogens is 330 g/mol. The predicted molar refractivity (Wildman–Crippen MR) is 96.6 cm³/mol. The summed E-state index contributed by atoms with van der Waals surface area (Å²) in [7, 11) is 0. The van der Waals surface area contributed by atoms with Crippen molar-refractivity contribution < 1.29 is 14.1 Å². The van der Waals surface area contributed by atoms with Crippen LogP contribution in [0.2, 0.25) is 0 Å². The van der Waals surface area contributed by atoms with Crippen molar-refractivity contribution in [2.75, 3.05) is 0 Å². The van der Waals surface area contributed by atoms with Gasteiger partial charge in [-0.05, 0) is 35.2 Å². The summed E-state index contributed by atoms with van der Waals surface area (Å²) in [6.45, 7) is 6.34. The maximum absolute atomic E-state index is 12.1. The van der Waals surface area contributed by atoms with Gasteiger partial charge in [-0.2, -0.15) is 4.98 Å². The smallest absolute Gasteiger partial charge is 0.311 e. The highest BCUT2D eigenvalue weighted by Gasteiger charge is 2.16. The molecule has 0 aliphatic carbocycles. The zero-order valence-electron chi connectivity index (χ0n) is 15.1. The van der Waals surface area contributed by atoms with Crippen molar-refractivity contribution in [1.29, 1.82) is 0 Å². The van der Waals surface area contributed by atoms with Gasteiger partial charge < -0.3 is 9.26 Å². The molecule has 0 atom stereocenters. The molecule has 6 heteroatoms. The number of aryl methyl sites for hydroxylation is 1. The van der Waals surface area contributed by atoms with Gasteiger partial charge in [-0.3, -0.25) is 9.78 Å². The molecule has 0 spiro atoms. The van der Waals surface area contributed by atoms with Crippen molar-refractivity contribution in [3.05, 3.63) is 60.2 Å². The van der Waals surface area contributed by atoms with Crippen LogP contribution in [0.3, 0.4) is 0 Å². The molecule has 0 fully saturated rings. The number of nitrogens with zero attached hydrogens (tertiary/aromatic N) is 3. The zero-order chi connectivity index (χ0) is 18.6. The molecule has 0 aliphatic rings. The van der Waals surface area contributed by atoms with Crippen LogP contribution >= 0.6 is 0 Å². The van der Waals surface area contributed by atoms with E-state index in [1.807, 2.05) is 24.3 Å². The molecule has 26 heavy (non-hydrogen) atoms. The Morgan fingerprint density at radius 1 is 1.19 bits per heavy atom. The van der Waals surface area contributed by atoms with Crippen LogP contribution in [0.15, 0.2) is 53.3 Å². The van der Waals surface area contributed by atoms with E-state index >= 15 is 0 Å². The fourth-order valence-electron chi connectivity index (χ4n) is 2.39. The van der Waals surface area contributed by atoms with Crippen LogP contribution in [0.25, 0.3) is 11.4 Å². The van der Waals surface area contributed by atoms with Crippen LogP contribution < -0.4 is 4.74 Å². The van der Waals surface area contributed by atoms with E-state index in [-0.39, 0.29) is 17.8 Å². The largest absolute Gasteiger partial charge is 0.427 e. The molecule has 3 rings (SSSR count). The zero-order valence-corrected chi connectivity index (χ0v) is 15.1. The second kappa shape index (κ2) is 7.47. The number of carbonyl (C=O) groups excluding carboxylic acids is 1. The van der Waals surface area contributed by atoms with Crippen LogP contribution in [0.5, 0.6) is 5.75 Å². The first-order valence-electron chi connectivity index (χ1n) is 8.46. The van der Waals surface area contributed by atoms with Gasteiger partial charge in [0, 0.05) is 24.4 Å². The number of carbonyl (C=O) groups is 1. The van der Waals surface area contributed by atoms with Crippen molar-refractivity contribution in [2.45, 2.75) is 39.0 Å². The molecule has 0 aliphatic heterocycles. The summed E-state index contributed by atoms with van der Waals surface area (Å²) in [6.07, 6.45) is 3.82. The van der Waals surface area contributed by atoms with E-state index in [1.54, 1.807) is 24.5 Å². The van der Waals surface area contributed by atoms with Crippen LogP contribution in [0, 0.1) is 0 Å². The number of rotatable bonds is 5. The molecule has 2 aromatic heterocycles. The number of hydrogen-bond acceptors (Lipinski definition) is 6. The van der Waals surface area contributed by atoms with Gasteiger partial charge in [0.2, 0.25) is 11.7 Å². The summed E-state index contributed by atoms with van der Waals surface area (Å²) in [5, 5.41) is 3.91. The van der Waals surface area contributed by atoms with Gasteiger partial charge in [0.1, 0.15) is 5.75 Å². The van der Waals surface area contributed by atoms with Gasteiger partial charge in [-0.25, -0.2) is 0 Å². The van der Waals surface area contributed by atoms with Crippen LogP contribution in [0.4, 0.5) is 0 Å². The molecule has 134 valence electrons. The fourth-order valence-corrected chi connectivity index (χ4v) is 2.39. The Morgan fingerprint density at radius 2 is 2.04 bits per heavy atom. The van der Waals surface area contributed by atoms with E-state index < -0.39 is 0 Å². The van der Waals surface area contributed by atoms with Crippen molar-refractivity contribution in [1.82, 2.24) is 15.1 Å². The minimum absolute atomic E-state index is 0.00509. The van der Waals surface area contributed by atoms with Gasteiger partial charge in [0.25, 0.3) is 0 Å². The van der Waals surface area contributed by atoms with Gasteiger partial charge >= 0.3 is 5.97 Å². The first-order chi connectivity index (χ1) is 12.4. The highest BCUT2D eigenvalue weighted by Crippen LogP contribution is 2.25. The Hall–Kier alpha value is -3.02. The lowest BCUT2D eigenvalue weighted by Gasteiger charge is -2.19. The minimum Gasteiger partial charge on any atom is -0.427 e. The summed E-state index contributed by atoms with van der Waals surface area (Å²) >= 11 is 0. The summed E-state index contributed by atoms with van der Waals surface area (Å²) in [5.74, 6) is 1.06. The highest BCUT2D eigenvalue weighted by atomic mass is 16.5. The lowest BCUT2D eigenvalue weighted by molar-refractivity contribution is -0.134. The van der Waals surface area contributed by atoms with Crippen molar-refractivity contribution in [2.24, 2.45) is 0 Å². The van der Waals surface area contributed by atoms with Crippen molar-refractivity contribution in [3.63, 3.8) is 0 Å². The van der Waals surface area contributed by atoms with Gasteiger partial charge in [0.15, 0.2) is 0 Å². The van der Waals surface area contributed by atoms with E-state index in [0.29, 0.717) is 23.9 Å². The maximum Gasteiger partial charge on any atom is 0.311 e. The van der Waals surface area contributed by atoms with Crippen LogP contribution in [0.1, 0.15) is 38.6 Å².